The molecule has 1 aromatic rings. The van der Waals surface area contributed by atoms with Crippen molar-refractivity contribution in [2.24, 2.45) is 0 Å². The van der Waals surface area contributed by atoms with Crippen molar-refractivity contribution >= 4 is 15.7 Å². The van der Waals surface area contributed by atoms with Gasteiger partial charge < -0.3 is 5.11 Å². The lowest BCUT2D eigenvalue weighted by Crippen LogP contribution is -2.33. The summed E-state index contributed by atoms with van der Waals surface area (Å²) >= 11 is 0. The van der Waals surface area contributed by atoms with Gasteiger partial charge in [-0.15, -0.1) is 6.58 Å². The van der Waals surface area contributed by atoms with Crippen LogP contribution in [0.1, 0.15) is 0 Å². The van der Waals surface area contributed by atoms with E-state index in [9.17, 15) is 18.5 Å². The summed E-state index contributed by atoms with van der Waals surface area (Å²) < 4.78 is 25.5. The van der Waals surface area contributed by atoms with Crippen LogP contribution in [0.3, 0.4) is 0 Å². The molecule has 0 radical (unpaired) electrons. The summed E-state index contributed by atoms with van der Waals surface area (Å²) in [7, 11) is -3.88. The lowest BCUT2D eigenvalue weighted by molar-refractivity contribution is -0.385. The Kier molecular flexibility index (Phi) is 5.16. The minimum atomic E-state index is -3.88. The summed E-state index contributed by atoms with van der Waals surface area (Å²) in [4.78, 5) is 9.80. The Bertz CT molecular complexity index is 570. The third-order valence-corrected chi connectivity index (χ3v) is 4.21. The van der Waals surface area contributed by atoms with E-state index >= 15 is 0 Å². The fourth-order valence-corrected chi connectivity index (χ4v) is 2.91. The van der Waals surface area contributed by atoms with Crippen molar-refractivity contribution in [2.45, 2.75) is 4.90 Å². The highest BCUT2D eigenvalue weighted by Crippen LogP contribution is 2.20. The first kappa shape index (κ1) is 15.3. The van der Waals surface area contributed by atoms with Crippen molar-refractivity contribution in [3.63, 3.8) is 0 Å². The molecule has 0 spiro atoms. The van der Waals surface area contributed by atoms with Crippen LogP contribution in [0.4, 0.5) is 5.69 Å². The molecule has 0 saturated heterocycles. The summed E-state index contributed by atoms with van der Waals surface area (Å²) in [6, 6.07) is 4.78. The van der Waals surface area contributed by atoms with Gasteiger partial charge in [0.1, 0.15) is 0 Å². The molecule has 0 bridgehead atoms. The molecule has 8 heteroatoms. The molecule has 0 saturated carbocycles. The first-order valence-corrected chi connectivity index (χ1v) is 6.84. The monoisotopic (exact) mass is 286 g/mol. The van der Waals surface area contributed by atoms with Gasteiger partial charge in [-0.3, -0.25) is 10.1 Å². The SMILES string of the molecule is C=CCN(CCO)S(=O)(=O)c1cccc([N+](=O)[O-])c1. The van der Waals surface area contributed by atoms with Crippen molar-refractivity contribution in [1.29, 1.82) is 0 Å². The number of nitrogens with zero attached hydrogens (tertiary/aromatic N) is 2. The zero-order chi connectivity index (χ0) is 14.5. The molecule has 7 nitrogen and oxygen atoms in total. The number of aliphatic hydroxyl groups excluding tert-OH is 1. The molecule has 104 valence electrons. The number of aliphatic hydroxyl groups is 1. The molecular weight excluding hydrogens is 272 g/mol. The van der Waals surface area contributed by atoms with Crippen LogP contribution < -0.4 is 0 Å². The molecule has 0 aliphatic carbocycles. The predicted molar refractivity (Wildman–Crippen MR) is 69.1 cm³/mol. The second-order valence-corrected chi connectivity index (χ2v) is 5.57. The van der Waals surface area contributed by atoms with Crippen molar-refractivity contribution in [2.75, 3.05) is 19.7 Å². The first-order chi connectivity index (χ1) is 8.93. The number of hydrogen-bond acceptors (Lipinski definition) is 5. The lowest BCUT2D eigenvalue weighted by atomic mass is 10.3. The van der Waals surface area contributed by atoms with E-state index in [1.165, 1.54) is 24.3 Å². The Morgan fingerprint density at radius 2 is 2.16 bits per heavy atom. The topological polar surface area (TPSA) is 101 Å². The van der Waals surface area contributed by atoms with Gasteiger partial charge in [0, 0.05) is 25.2 Å². The van der Waals surface area contributed by atoms with Crippen LogP contribution in [0.5, 0.6) is 0 Å². The molecule has 0 unspecified atom stereocenters. The standard InChI is InChI=1S/C11H14N2O5S/c1-2-6-12(7-8-14)19(17,18)11-5-3-4-10(9-11)13(15)16/h2-5,9,14H,1,6-8H2. The first-order valence-electron chi connectivity index (χ1n) is 5.40. The number of non-ortho nitro benzene ring substituents is 1. The Morgan fingerprint density at radius 1 is 1.47 bits per heavy atom. The van der Waals surface area contributed by atoms with Gasteiger partial charge in [0.05, 0.1) is 16.4 Å². The van der Waals surface area contributed by atoms with Gasteiger partial charge in [-0.25, -0.2) is 8.42 Å². The average Bonchev–Trinajstić information content (AvgIpc) is 2.38. The second kappa shape index (κ2) is 6.41. The van der Waals surface area contributed by atoms with E-state index in [2.05, 4.69) is 6.58 Å². The highest BCUT2D eigenvalue weighted by atomic mass is 32.2. The predicted octanol–water partition coefficient (Wildman–Crippen LogP) is 0.764. The fraction of sp³-hybridized carbons (Fsp3) is 0.273. The van der Waals surface area contributed by atoms with Crippen molar-refractivity contribution < 1.29 is 18.4 Å². The highest BCUT2D eigenvalue weighted by molar-refractivity contribution is 7.89. The van der Waals surface area contributed by atoms with Gasteiger partial charge in [-0.05, 0) is 6.07 Å². The average molecular weight is 286 g/mol. The Hall–Kier alpha value is -1.77. The third kappa shape index (κ3) is 3.60. The van der Waals surface area contributed by atoms with Gasteiger partial charge in [0.25, 0.3) is 5.69 Å². The molecule has 0 atom stereocenters. The van der Waals surface area contributed by atoms with Crippen molar-refractivity contribution in [1.82, 2.24) is 4.31 Å². The molecule has 1 aromatic carbocycles. The van der Waals surface area contributed by atoms with E-state index in [4.69, 9.17) is 5.11 Å². The maximum Gasteiger partial charge on any atom is 0.270 e. The van der Waals surface area contributed by atoms with Crippen LogP contribution in [0.25, 0.3) is 0 Å². The van der Waals surface area contributed by atoms with E-state index in [0.29, 0.717) is 0 Å². The maximum atomic E-state index is 12.2. The van der Waals surface area contributed by atoms with Crippen LogP contribution in [-0.4, -0.2) is 42.4 Å². The van der Waals surface area contributed by atoms with Gasteiger partial charge in [0.15, 0.2) is 0 Å². The molecule has 0 aromatic heterocycles. The third-order valence-electron chi connectivity index (χ3n) is 2.35. The number of sulfonamides is 1. The zero-order valence-electron chi connectivity index (χ0n) is 10.1. The molecule has 0 aliphatic heterocycles. The van der Waals surface area contributed by atoms with Crippen LogP contribution >= 0.6 is 0 Å². The molecule has 1 N–H and O–H groups in total. The minimum Gasteiger partial charge on any atom is -0.395 e. The Labute approximate surface area is 111 Å². The molecule has 19 heavy (non-hydrogen) atoms. The minimum absolute atomic E-state index is 0.0194. The van der Waals surface area contributed by atoms with E-state index < -0.39 is 14.9 Å². The van der Waals surface area contributed by atoms with Crippen LogP contribution in [0, 0.1) is 10.1 Å². The number of rotatable bonds is 7. The summed E-state index contributed by atoms with van der Waals surface area (Å²) in [6.07, 6.45) is 1.38. The normalized spacial score (nSPS) is 11.5. The molecular formula is C11H14N2O5S. The lowest BCUT2D eigenvalue weighted by Gasteiger charge is -2.19. The molecule has 0 aliphatic rings. The van der Waals surface area contributed by atoms with Gasteiger partial charge in [-0.1, -0.05) is 12.1 Å². The van der Waals surface area contributed by atoms with Crippen molar-refractivity contribution in [3.05, 3.63) is 47.0 Å². The maximum absolute atomic E-state index is 12.2. The number of hydrogen-bond donors (Lipinski definition) is 1. The van der Waals surface area contributed by atoms with Crippen molar-refractivity contribution in [3.8, 4) is 0 Å². The number of nitro benzene ring substituents is 1. The smallest absolute Gasteiger partial charge is 0.270 e. The van der Waals surface area contributed by atoms with E-state index in [1.54, 1.807) is 0 Å². The molecule has 0 heterocycles. The van der Waals surface area contributed by atoms with Crippen LogP contribution in [0.2, 0.25) is 0 Å². The summed E-state index contributed by atoms with van der Waals surface area (Å²) in [5.41, 5.74) is -0.302. The number of nitro groups is 1. The van der Waals surface area contributed by atoms with Gasteiger partial charge in [-0.2, -0.15) is 4.31 Å². The van der Waals surface area contributed by atoms with Crippen LogP contribution in [-0.2, 0) is 10.0 Å². The van der Waals surface area contributed by atoms with E-state index in [0.717, 1.165) is 10.4 Å². The quantitative estimate of drug-likeness (QED) is 0.453. The van der Waals surface area contributed by atoms with Crippen LogP contribution in [0.15, 0.2) is 41.8 Å². The van der Waals surface area contributed by atoms with E-state index in [-0.39, 0.29) is 30.3 Å². The zero-order valence-corrected chi connectivity index (χ0v) is 10.9. The second-order valence-electron chi connectivity index (χ2n) is 3.63. The molecule has 0 fully saturated rings. The van der Waals surface area contributed by atoms with E-state index in [1.807, 2.05) is 0 Å². The molecule has 0 amide bonds. The highest BCUT2D eigenvalue weighted by Gasteiger charge is 2.24. The summed E-state index contributed by atoms with van der Waals surface area (Å²) in [5, 5.41) is 19.5. The Balaban J connectivity index is 3.20. The fourth-order valence-electron chi connectivity index (χ4n) is 1.47. The molecule has 1 rings (SSSR count). The van der Waals surface area contributed by atoms with Gasteiger partial charge >= 0.3 is 0 Å². The van der Waals surface area contributed by atoms with Gasteiger partial charge in [0.2, 0.25) is 10.0 Å². The Morgan fingerprint density at radius 3 is 2.68 bits per heavy atom. The number of benzene rings is 1. The summed E-state index contributed by atoms with van der Waals surface area (Å²) in [5.74, 6) is 0. The summed E-state index contributed by atoms with van der Waals surface area (Å²) in [6.45, 7) is 3.01. The largest absolute Gasteiger partial charge is 0.395 e.